The number of thiophene rings is 1. The van der Waals surface area contributed by atoms with Gasteiger partial charge in [-0.3, -0.25) is 4.79 Å². The Morgan fingerprint density at radius 2 is 1.90 bits per heavy atom. The monoisotopic (exact) mass is 329 g/mol. The van der Waals surface area contributed by atoms with Gasteiger partial charge in [-0.05, 0) is 25.5 Å². The van der Waals surface area contributed by atoms with Crippen LogP contribution in [0.1, 0.15) is 31.2 Å². The van der Waals surface area contributed by atoms with Gasteiger partial charge in [0.1, 0.15) is 0 Å². The Labute approximate surface area is 133 Å². The zero-order valence-corrected chi connectivity index (χ0v) is 13.8. The quantitative estimate of drug-likeness (QED) is 0.907. The molecule has 2 heterocycles. The Morgan fingerprint density at radius 1 is 1.24 bits per heavy atom. The first-order valence-electron chi connectivity index (χ1n) is 7.03. The minimum absolute atomic E-state index is 0.0674. The van der Waals surface area contributed by atoms with Gasteiger partial charge in [-0.25, -0.2) is 4.79 Å². The molecule has 7 heteroatoms. The second-order valence-corrected chi connectivity index (χ2v) is 6.91. The van der Waals surface area contributed by atoms with E-state index in [2.05, 4.69) is 5.32 Å². The van der Waals surface area contributed by atoms with Gasteiger partial charge in [0.25, 0.3) is 0 Å². The molecule has 0 saturated carbocycles. The van der Waals surface area contributed by atoms with E-state index in [0.717, 1.165) is 22.2 Å². The van der Waals surface area contributed by atoms with Crippen molar-refractivity contribution >= 4 is 34.9 Å². The molecule has 1 aliphatic rings. The van der Waals surface area contributed by atoms with Gasteiger partial charge in [0.2, 0.25) is 5.91 Å². The molecule has 1 atom stereocenters. The standard InChI is InChI=1S/C14H20ClN3O2S/c1-10(12-4-5-13(15)21-12)16-14(20)18-7-3-6-17(8-9-18)11(2)19/h4-5,10H,3,6-9H2,1-2H3,(H,16,20)/t10-/m1/s1. The average Bonchev–Trinajstić information content (AvgIpc) is 2.73. The van der Waals surface area contributed by atoms with E-state index in [0.29, 0.717) is 19.6 Å². The van der Waals surface area contributed by atoms with Crippen LogP contribution in [0.4, 0.5) is 4.79 Å². The van der Waals surface area contributed by atoms with Crippen molar-refractivity contribution in [3.05, 3.63) is 21.3 Å². The van der Waals surface area contributed by atoms with Crippen LogP contribution in [0, 0.1) is 0 Å². The van der Waals surface area contributed by atoms with E-state index >= 15 is 0 Å². The van der Waals surface area contributed by atoms with Crippen LogP contribution in [0.15, 0.2) is 12.1 Å². The maximum atomic E-state index is 12.3. The van der Waals surface area contributed by atoms with Gasteiger partial charge in [-0.15, -0.1) is 11.3 Å². The van der Waals surface area contributed by atoms with Crippen LogP contribution in [0.25, 0.3) is 0 Å². The van der Waals surface area contributed by atoms with E-state index in [1.165, 1.54) is 11.3 Å². The van der Waals surface area contributed by atoms with Crippen molar-refractivity contribution < 1.29 is 9.59 Å². The lowest BCUT2D eigenvalue weighted by atomic mass is 10.3. The summed E-state index contributed by atoms with van der Waals surface area (Å²) in [6, 6.07) is 3.61. The van der Waals surface area contributed by atoms with Gasteiger partial charge in [-0.1, -0.05) is 11.6 Å². The lowest BCUT2D eigenvalue weighted by molar-refractivity contribution is -0.128. The molecule has 1 N–H and O–H groups in total. The van der Waals surface area contributed by atoms with Gasteiger partial charge >= 0.3 is 6.03 Å². The molecule has 1 saturated heterocycles. The number of nitrogens with zero attached hydrogens (tertiary/aromatic N) is 2. The zero-order valence-electron chi connectivity index (χ0n) is 12.3. The highest BCUT2D eigenvalue weighted by molar-refractivity contribution is 7.16. The minimum atomic E-state index is -0.0857. The lowest BCUT2D eigenvalue weighted by Crippen LogP contribution is -2.43. The number of amides is 3. The van der Waals surface area contributed by atoms with Crippen molar-refractivity contribution in [3.63, 3.8) is 0 Å². The van der Waals surface area contributed by atoms with Crippen LogP contribution in [0.5, 0.6) is 0 Å². The van der Waals surface area contributed by atoms with Crippen LogP contribution in [-0.2, 0) is 4.79 Å². The summed E-state index contributed by atoms with van der Waals surface area (Å²) in [4.78, 5) is 28.3. The maximum absolute atomic E-state index is 12.3. The first kappa shape index (κ1) is 16.1. The molecule has 21 heavy (non-hydrogen) atoms. The average molecular weight is 330 g/mol. The Morgan fingerprint density at radius 3 is 2.52 bits per heavy atom. The number of carbonyl (C=O) groups excluding carboxylic acids is 2. The summed E-state index contributed by atoms with van der Waals surface area (Å²) >= 11 is 7.39. The fourth-order valence-electron chi connectivity index (χ4n) is 2.34. The van der Waals surface area contributed by atoms with Crippen molar-refractivity contribution in [2.45, 2.75) is 26.3 Å². The third kappa shape index (κ3) is 4.35. The molecule has 3 amide bonds. The zero-order chi connectivity index (χ0) is 15.4. The van der Waals surface area contributed by atoms with E-state index in [1.54, 1.807) is 16.7 Å². The molecule has 0 aliphatic carbocycles. The van der Waals surface area contributed by atoms with E-state index in [1.807, 2.05) is 19.1 Å². The number of carbonyl (C=O) groups is 2. The van der Waals surface area contributed by atoms with Crippen molar-refractivity contribution in [1.82, 2.24) is 15.1 Å². The summed E-state index contributed by atoms with van der Waals surface area (Å²) in [7, 11) is 0. The first-order chi connectivity index (χ1) is 9.97. The number of rotatable bonds is 2. The highest BCUT2D eigenvalue weighted by Crippen LogP contribution is 2.26. The lowest BCUT2D eigenvalue weighted by Gasteiger charge is -2.23. The Kier molecular flexibility index (Phi) is 5.47. The Bertz CT molecular complexity index is 520. The topological polar surface area (TPSA) is 52.7 Å². The summed E-state index contributed by atoms with van der Waals surface area (Å²) in [5, 5.41) is 2.99. The molecule has 0 unspecified atom stereocenters. The van der Waals surface area contributed by atoms with Crippen LogP contribution < -0.4 is 5.32 Å². The van der Waals surface area contributed by atoms with Crippen molar-refractivity contribution in [2.24, 2.45) is 0 Å². The second kappa shape index (κ2) is 7.13. The molecule has 2 rings (SSSR count). The Balaban J connectivity index is 1.89. The number of hydrogen-bond donors (Lipinski definition) is 1. The second-order valence-electron chi connectivity index (χ2n) is 5.16. The molecular formula is C14H20ClN3O2S. The summed E-state index contributed by atoms with van der Waals surface area (Å²) in [5.74, 6) is 0.0684. The number of urea groups is 1. The molecule has 1 aromatic heterocycles. The molecule has 0 radical (unpaired) electrons. The number of hydrogen-bond acceptors (Lipinski definition) is 3. The molecule has 1 aromatic rings. The van der Waals surface area contributed by atoms with Crippen LogP contribution in [0.3, 0.4) is 0 Å². The fourth-order valence-corrected chi connectivity index (χ4v) is 3.41. The predicted octanol–water partition coefficient (Wildman–Crippen LogP) is 2.73. The largest absolute Gasteiger partial charge is 0.341 e. The van der Waals surface area contributed by atoms with Crippen LogP contribution >= 0.6 is 22.9 Å². The SMILES string of the molecule is CC(=O)N1CCCN(C(=O)N[C@H](C)c2ccc(Cl)s2)CC1. The summed E-state index contributed by atoms with van der Waals surface area (Å²) in [6.07, 6.45) is 0.812. The summed E-state index contributed by atoms with van der Waals surface area (Å²) in [6.45, 7) is 6.08. The van der Waals surface area contributed by atoms with Crippen molar-refractivity contribution in [2.75, 3.05) is 26.2 Å². The predicted molar refractivity (Wildman–Crippen MR) is 84.7 cm³/mol. The van der Waals surface area contributed by atoms with E-state index < -0.39 is 0 Å². The van der Waals surface area contributed by atoms with E-state index in [-0.39, 0.29) is 18.0 Å². The number of halogens is 1. The van der Waals surface area contributed by atoms with Crippen LogP contribution in [0.2, 0.25) is 4.34 Å². The van der Waals surface area contributed by atoms with Gasteiger partial charge in [-0.2, -0.15) is 0 Å². The van der Waals surface area contributed by atoms with Crippen LogP contribution in [-0.4, -0.2) is 47.9 Å². The highest BCUT2D eigenvalue weighted by atomic mass is 35.5. The molecule has 0 aromatic carbocycles. The third-order valence-electron chi connectivity index (χ3n) is 3.59. The molecule has 1 fully saturated rings. The van der Waals surface area contributed by atoms with E-state index in [4.69, 9.17) is 11.6 Å². The smallest absolute Gasteiger partial charge is 0.317 e. The Hall–Kier alpha value is -1.27. The molecular weight excluding hydrogens is 310 g/mol. The van der Waals surface area contributed by atoms with Gasteiger partial charge < -0.3 is 15.1 Å². The fraction of sp³-hybridized carbons (Fsp3) is 0.571. The minimum Gasteiger partial charge on any atom is -0.341 e. The normalized spacial score (nSPS) is 17.3. The summed E-state index contributed by atoms with van der Waals surface area (Å²) in [5.41, 5.74) is 0. The van der Waals surface area contributed by atoms with E-state index in [9.17, 15) is 9.59 Å². The molecule has 116 valence electrons. The maximum Gasteiger partial charge on any atom is 0.317 e. The summed E-state index contributed by atoms with van der Waals surface area (Å²) < 4.78 is 0.720. The van der Waals surface area contributed by atoms with Gasteiger partial charge in [0, 0.05) is 38.0 Å². The molecule has 0 bridgehead atoms. The van der Waals surface area contributed by atoms with Crippen molar-refractivity contribution in [3.8, 4) is 0 Å². The molecule has 1 aliphatic heterocycles. The van der Waals surface area contributed by atoms with Crippen molar-refractivity contribution in [1.29, 1.82) is 0 Å². The first-order valence-corrected chi connectivity index (χ1v) is 8.23. The highest BCUT2D eigenvalue weighted by Gasteiger charge is 2.21. The molecule has 5 nitrogen and oxygen atoms in total. The van der Waals surface area contributed by atoms with Gasteiger partial charge in [0.05, 0.1) is 10.4 Å². The number of nitrogens with one attached hydrogen (secondary N) is 1. The molecule has 0 spiro atoms. The third-order valence-corrected chi connectivity index (χ3v) is 5.00. The van der Waals surface area contributed by atoms with Gasteiger partial charge in [0.15, 0.2) is 0 Å².